The molecule has 10 heteroatoms. The lowest BCUT2D eigenvalue weighted by Crippen LogP contribution is -2.49. The van der Waals surface area contributed by atoms with E-state index in [4.69, 9.17) is 9.47 Å². The third-order valence-electron chi connectivity index (χ3n) is 6.51. The average molecular weight is 534 g/mol. The molecule has 8 nitrogen and oxygen atoms in total. The number of rotatable bonds is 5. The van der Waals surface area contributed by atoms with E-state index in [0.717, 1.165) is 10.4 Å². The zero-order valence-corrected chi connectivity index (χ0v) is 23.2. The van der Waals surface area contributed by atoms with Crippen molar-refractivity contribution >= 4 is 34.1 Å². The second-order valence-electron chi connectivity index (χ2n) is 10.4. The zero-order chi connectivity index (χ0) is 26.1. The second-order valence-corrected chi connectivity index (χ2v) is 13.2. The first kappa shape index (κ1) is 26.8. The van der Waals surface area contributed by atoms with Crippen molar-refractivity contribution in [1.82, 2.24) is 15.2 Å². The van der Waals surface area contributed by atoms with E-state index in [2.05, 4.69) is 17.2 Å². The Labute approximate surface area is 219 Å². The van der Waals surface area contributed by atoms with Gasteiger partial charge in [-0.25, -0.2) is 4.79 Å². The van der Waals surface area contributed by atoms with Crippen LogP contribution in [0.4, 0.5) is 4.79 Å². The topological polar surface area (TPSA) is 97.8 Å². The normalized spacial score (nSPS) is 20.0. The molecule has 2 amide bonds. The Kier molecular flexibility index (Phi) is 7.87. The van der Waals surface area contributed by atoms with Crippen molar-refractivity contribution in [2.24, 2.45) is 0 Å². The molecule has 36 heavy (non-hydrogen) atoms. The van der Waals surface area contributed by atoms with Gasteiger partial charge < -0.3 is 19.7 Å². The number of fused-ring (bicyclic) bond motifs is 2. The predicted octanol–water partition coefficient (Wildman–Crippen LogP) is 4.56. The molecular weight excluding hydrogens is 498 g/mol. The Morgan fingerprint density at radius 2 is 2.03 bits per heavy atom. The first-order valence-electron chi connectivity index (χ1n) is 12.4. The van der Waals surface area contributed by atoms with E-state index in [-0.39, 0.29) is 17.9 Å². The van der Waals surface area contributed by atoms with E-state index in [1.54, 1.807) is 23.2 Å². The third-order valence-corrected chi connectivity index (χ3v) is 9.14. The summed E-state index contributed by atoms with van der Waals surface area (Å²) >= 11 is 1.48. The van der Waals surface area contributed by atoms with Crippen LogP contribution in [0.3, 0.4) is 0 Å². The molecule has 1 N–H and O–H groups in total. The van der Waals surface area contributed by atoms with Gasteiger partial charge in [-0.3, -0.25) is 14.0 Å². The molecule has 4 rings (SSSR count). The molecule has 0 radical (unpaired) electrons. The van der Waals surface area contributed by atoms with E-state index in [1.807, 2.05) is 33.8 Å². The van der Waals surface area contributed by atoms with Crippen LogP contribution < -0.4 is 5.32 Å². The van der Waals surface area contributed by atoms with Crippen LogP contribution in [0.1, 0.15) is 79.2 Å². The number of carbonyl (C=O) groups is 2. The van der Waals surface area contributed by atoms with Crippen molar-refractivity contribution in [1.29, 1.82) is 0 Å². The lowest BCUT2D eigenvalue weighted by Gasteiger charge is -2.45. The van der Waals surface area contributed by atoms with Crippen molar-refractivity contribution in [3.8, 4) is 0 Å². The maximum atomic E-state index is 13.0. The van der Waals surface area contributed by atoms with Gasteiger partial charge in [0, 0.05) is 35.8 Å². The summed E-state index contributed by atoms with van der Waals surface area (Å²) in [7, 11) is -1.04. The van der Waals surface area contributed by atoms with E-state index in [1.165, 1.54) is 11.3 Å². The molecule has 1 unspecified atom stereocenters. The van der Waals surface area contributed by atoms with Crippen molar-refractivity contribution in [2.75, 3.05) is 25.4 Å². The molecule has 2 aromatic rings. The first-order valence-corrected chi connectivity index (χ1v) is 14.5. The van der Waals surface area contributed by atoms with Crippen LogP contribution in [0.15, 0.2) is 29.3 Å². The van der Waals surface area contributed by atoms with Gasteiger partial charge in [-0.05, 0) is 57.4 Å². The lowest BCUT2D eigenvalue weighted by atomic mass is 9.82. The molecule has 0 saturated carbocycles. The Morgan fingerprint density at radius 1 is 1.31 bits per heavy atom. The minimum Gasteiger partial charge on any atom is -0.444 e. The fourth-order valence-corrected chi connectivity index (χ4v) is 6.62. The number of hydrogen-bond donors (Lipinski definition) is 1. The molecule has 1 spiro atoms. The van der Waals surface area contributed by atoms with Gasteiger partial charge in [-0.15, -0.1) is 11.3 Å². The van der Waals surface area contributed by atoms with Crippen LogP contribution in [0.2, 0.25) is 0 Å². The maximum Gasteiger partial charge on any atom is 0.410 e. The average Bonchev–Trinajstić information content (AvgIpc) is 3.32. The largest absolute Gasteiger partial charge is 0.444 e. The summed E-state index contributed by atoms with van der Waals surface area (Å²) < 4.78 is 23.8. The summed E-state index contributed by atoms with van der Waals surface area (Å²) in [5.41, 5.74) is 0.865. The van der Waals surface area contributed by atoms with Gasteiger partial charge in [-0.2, -0.15) is 0 Å². The molecule has 0 aliphatic carbocycles. The van der Waals surface area contributed by atoms with Crippen LogP contribution in [-0.4, -0.2) is 57.1 Å². The number of ether oxygens (including phenoxy) is 2. The molecule has 2 aliphatic heterocycles. The van der Waals surface area contributed by atoms with Crippen molar-refractivity contribution < 1.29 is 23.3 Å². The number of thiophene rings is 1. The predicted molar refractivity (Wildman–Crippen MR) is 140 cm³/mol. The highest BCUT2D eigenvalue weighted by molar-refractivity contribution is 7.85. The van der Waals surface area contributed by atoms with Crippen molar-refractivity contribution in [3.05, 3.63) is 45.4 Å². The number of likely N-dealkylation sites (tertiary alicyclic amines) is 1. The van der Waals surface area contributed by atoms with Crippen molar-refractivity contribution in [2.45, 2.75) is 76.0 Å². The monoisotopic (exact) mass is 533 g/mol. The van der Waals surface area contributed by atoms with Crippen LogP contribution in [0, 0.1) is 0 Å². The number of aromatic nitrogens is 1. The summed E-state index contributed by atoms with van der Waals surface area (Å²) in [6.07, 6.45) is 2.65. The fraction of sp³-hybridized carbons (Fsp3) is 0.577. The summed E-state index contributed by atoms with van der Waals surface area (Å²) in [5, 5.41) is 2.96. The zero-order valence-electron chi connectivity index (χ0n) is 21.6. The summed E-state index contributed by atoms with van der Waals surface area (Å²) in [5.74, 6) is 0.593. The summed E-state index contributed by atoms with van der Waals surface area (Å²) in [6, 6.07) is 5.59. The Hall–Kier alpha value is -2.30. The lowest BCUT2D eigenvalue weighted by molar-refractivity contribution is -0.101. The smallest absolute Gasteiger partial charge is 0.410 e. The van der Waals surface area contributed by atoms with Crippen LogP contribution in [-0.2, 0) is 32.4 Å². The van der Waals surface area contributed by atoms with Gasteiger partial charge in [0.05, 0.1) is 39.4 Å². The first-order chi connectivity index (χ1) is 17.0. The van der Waals surface area contributed by atoms with Gasteiger partial charge >= 0.3 is 6.09 Å². The number of pyridine rings is 1. The number of nitrogens with one attached hydrogen (secondary N) is 1. The second kappa shape index (κ2) is 10.6. The molecule has 4 heterocycles. The summed E-state index contributed by atoms with van der Waals surface area (Å²) in [4.78, 5) is 34.1. The van der Waals surface area contributed by atoms with Gasteiger partial charge in [0.2, 0.25) is 0 Å². The number of carbonyl (C=O) groups excluding carboxylic acids is 2. The Balaban J connectivity index is 1.43. The highest BCUT2D eigenvalue weighted by Crippen LogP contribution is 2.48. The molecule has 1 fully saturated rings. The molecule has 2 aromatic heterocycles. The molecule has 0 bridgehead atoms. The minimum atomic E-state index is -1.04. The maximum absolute atomic E-state index is 13.0. The minimum absolute atomic E-state index is 0.147. The van der Waals surface area contributed by atoms with Crippen LogP contribution in [0.5, 0.6) is 0 Å². The highest BCUT2D eigenvalue weighted by atomic mass is 32.2. The molecule has 196 valence electrons. The van der Waals surface area contributed by atoms with Gasteiger partial charge in [0.15, 0.2) is 0 Å². The van der Waals surface area contributed by atoms with E-state index in [9.17, 15) is 13.8 Å². The van der Waals surface area contributed by atoms with Gasteiger partial charge in [0.1, 0.15) is 11.2 Å². The number of amides is 2. The summed E-state index contributed by atoms with van der Waals surface area (Å²) in [6.45, 7) is 11.6. The standard InChI is InChI=1S/C26H35N3O5S2/c1-6-36(32)19-8-7-18(27-15-19)14-28-23(30)21-13-20-17(2)16-33-26(22(20)35-21)9-11-29(12-10-26)24(31)34-25(3,4)5/h7-8,13,15,17H,6,9-12,14,16H2,1-5H3,(H,28,30)/t17-,36?/m1/s1. The Morgan fingerprint density at radius 3 is 2.64 bits per heavy atom. The molecule has 0 aromatic carbocycles. The molecule has 1 saturated heterocycles. The van der Waals surface area contributed by atoms with E-state index >= 15 is 0 Å². The number of nitrogens with zero attached hydrogens (tertiary/aromatic N) is 2. The third kappa shape index (κ3) is 5.81. The molecule has 2 aliphatic rings. The van der Waals surface area contributed by atoms with Gasteiger partial charge in [-0.1, -0.05) is 13.8 Å². The van der Waals surface area contributed by atoms with E-state index < -0.39 is 22.0 Å². The van der Waals surface area contributed by atoms with Crippen molar-refractivity contribution in [3.63, 3.8) is 0 Å². The molecular formula is C26H35N3O5S2. The highest BCUT2D eigenvalue weighted by Gasteiger charge is 2.45. The van der Waals surface area contributed by atoms with E-state index in [0.29, 0.717) is 60.3 Å². The SMILES string of the molecule is CCS(=O)c1ccc(CNC(=O)c2cc3c(s2)C2(CCN(C(=O)OC(C)(C)C)CC2)OC[C@H]3C)nc1. The number of hydrogen-bond acceptors (Lipinski definition) is 7. The fourth-order valence-electron chi connectivity index (χ4n) is 4.50. The molecule has 2 atom stereocenters. The van der Waals surface area contributed by atoms with Crippen LogP contribution in [0.25, 0.3) is 0 Å². The quantitative estimate of drug-likeness (QED) is 0.605. The Bertz CT molecular complexity index is 1130. The van der Waals surface area contributed by atoms with Gasteiger partial charge in [0.25, 0.3) is 5.91 Å². The van der Waals surface area contributed by atoms with Crippen LogP contribution >= 0.6 is 11.3 Å². The number of piperidine rings is 1.